The average Bonchev–Trinajstić information content (AvgIpc) is 3.45. The number of ether oxygens (including phenoxy) is 1. The molecule has 2 aromatic rings. The lowest BCUT2D eigenvalue weighted by atomic mass is 10.1. The number of hydrogen-bond acceptors (Lipinski definition) is 4. The summed E-state index contributed by atoms with van der Waals surface area (Å²) in [5, 5.41) is 2.82. The van der Waals surface area contributed by atoms with E-state index in [2.05, 4.69) is 10.0 Å². The molecule has 0 spiro atoms. The number of carbonyl (C=O) groups excluding carboxylic acids is 1. The van der Waals surface area contributed by atoms with Crippen LogP contribution in [-0.2, 0) is 16.4 Å². The first-order valence-corrected chi connectivity index (χ1v) is 10.00. The molecule has 1 fully saturated rings. The van der Waals surface area contributed by atoms with E-state index in [0.29, 0.717) is 18.5 Å². The van der Waals surface area contributed by atoms with Crippen molar-refractivity contribution in [1.82, 2.24) is 10.0 Å². The molecule has 0 saturated heterocycles. The fourth-order valence-corrected chi connectivity index (χ4v) is 3.89. The number of hydrogen-bond donors (Lipinski definition) is 2. The first kappa shape index (κ1) is 18.4. The summed E-state index contributed by atoms with van der Waals surface area (Å²) >= 11 is 0. The molecule has 26 heavy (non-hydrogen) atoms. The number of nitrogens with one attached hydrogen (secondary N) is 2. The standard InChI is InChI=1S/C19H22N2O4S/c1-25-17-6-2-4-14(12-17)10-11-20-19(22)15-5-3-7-18(13-15)26(23,24)21-16-8-9-16/h2-7,12-13,16,21H,8-11H2,1H3,(H,20,22). The van der Waals surface area contributed by atoms with Crippen molar-refractivity contribution in [1.29, 1.82) is 0 Å². The predicted molar refractivity (Wildman–Crippen MR) is 98.8 cm³/mol. The summed E-state index contributed by atoms with van der Waals surface area (Å²) in [5.74, 6) is 0.478. The molecule has 0 heterocycles. The van der Waals surface area contributed by atoms with Crippen molar-refractivity contribution in [2.75, 3.05) is 13.7 Å². The fourth-order valence-electron chi connectivity index (χ4n) is 2.54. The highest BCUT2D eigenvalue weighted by Crippen LogP contribution is 2.22. The molecule has 1 amide bonds. The van der Waals surface area contributed by atoms with Crippen LogP contribution < -0.4 is 14.8 Å². The van der Waals surface area contributed by atoms with Crippen LogP contribution in [0, 0.1) is 0 Å². The molecular weight excluding hydrogens is 352 g/mol. The molecule has 1 aliphatic rings. The Kier molecular flexibility index (Phi) is 5.58. The van der Waals surface area contributed by atoms with Gasteiger partial charge >= 0.3 is 0 Å². The zero-order chi connectivity index (χ0) is 18.6. The molecule has 1 aliphatic carbocycles. The Hall–Kier alpha value is -2.38. The molecule has 0 aromatic heterocycles. The van der Waals surface area contributed by atoms with Crippen LogP contribution in [0.5, 0.6) is 5.75 Å². The van der Waals surface area contributed by atoms with Crippen LogP contribution in [0.2, 0.25) is 0 Å². The van der Waals surface area contributed by atoms with Crippen molar-refractivity contribution < 1.29 is 17.9 Å². The second-order valence-corrected chi connectivity index (χ2v) is 7.99. The Balaban J connectivity index is 1.60. The van der Waals surface area contributed by atoms with Gasteiger partial charge in [0.25, 0.3) is 5.91 Å². The summed E-state index contributed by atoms with van der Waals surface area (Å²) in [4.78, 5) is 12.4. The lowest BCUT2D eigenvalue weighted by molar-refractivity contribution is 0.0954. The van der Waals surface area contributed by atoms with Crippen LogP contribution >= 0.6 is 0 Å². The van der Waals surface area contributed by atoms with Crippen molar-refractivity contribution in [2.45, 2.75) is 30.2 Å². The van der Waals surface area contributed by atoms with Gasteiger partial charge in [0.15, 0.2) is 0 Å². The van der Waals surface area contributed by atoms with Gasteiger partial charge in [-0.05, 0) is 55.2 Å². The first-order chi connectivity index (χ1) is 12.5. The first-order valence-electron chi connectivity index (χ1n) is 8.51. The van der Waals surface area contributed by atoms with Crippen molar-refractivity contribution in [3.8, 4) is 5.75 Å². The fraction of sp³-hybridized carbons (Fsp3) is 0.316. The molecule has 0 radical (unpaired) electrons. The second-order valence-electron chi connectivity index (χ2n) is 6.28. The highest BCUT2D eigenvalue weighted by Gasteiger charge is 2.28. The van der Waals surface area contributed by atoms with E-state index < -0.39 is 10.0 Å². The molecule has 3 rings (SSSR count). The quantitative estimate of drug-likeness (QED) is 0.741. The van der Waals surface area contributed by atoms with Gasteiger partial charge in [0.1, 0.15) is 5.75 Å². The van der Waals surface area contributed by atoms with Gasteiger partial charge in [0, 0.05) is 18.2 Å². The third-order valence-corrected chi connectivity index (χ3v) is 5.66. The topological polar surface area (TPSA) is 84.5 Å². The van der Waals surface area contributed by atoms with E-state index >= 15 is 0 Å². The smallest absolute Gasteiger partial charge is 0.251 e. The largest absolute Gasteiger partial charge is 0.497 e. The summed E-state index contributed by atoms with van der Waals surface area (Å²) < 4.78 is 32.3. The summed E-state index contributed by atoms with van der Waals surface area (Å²) in [6.45, 7) is 0.448. The van der Waals surface area contributed by atoms with Gasteiger partial charge in [-0.3, -0.25) is 4.79 Å². The van der Waals surface area contributed by atoms with Crippen LogP contribution in [0.1, 0.15) is 28.8 Å². The van der Waals surface area contributed by atoms with Crippen molar-refractivity contribution in [3.05, 3.63) is 59.7 Å². The summed E-state index contributed by atoms with van der Waals surface area (Å²) in [7, 11) is -1.96. The molecule has 0 atom stereocenters. The lowest BCUT2D eigenvalue weighted by Crippen LogP contribution is -2.28. The van der Waals surface area contributed by atoms with Crippen LogP contribution in [0.4, 0.5) is 0 Å². The van der Waals surface area contributed by atoms with Gasteiger partial charge in [-0.15, -0.1) is 0 Å². The lowest BCUT2D eigenvalue weighted by Gasteiger charge is -2.09. The molecule has 1 saturated carbocycles. The SMILES string of the molecule is COc1cccc(CCNC(=O)c2cccc(S(=O)(=O)NC3CC3)c2)c1. The monoisotopic (exact) mass is 374 g/mol. The molecule has 0 unspecified atom stereocenters. The minimum atomic E-state index is -3.57. The summed E-state index contributed by atoms with van der Waals surface area (Å²) in [5.41, 5.74) is 1.38. The van der Waals surface area contributed by atoms with Crippen molar-refractivity contribution >= 4 is 15.9 Å². The zero-order valence-corrected chi connectivity index (χ0v) is 15.4. The number of methoxy groups -OCH3 is 1. The van der Waals surface area contributed by atoms with Crippen LogP contribution in [0.15, 0.2) is 53.4 Å². The van der Waals surface area contributed by atoms with Gasteiger partial charge in [-0.2, -0.15) is 0 Å². The highest BCUT2D eigenvalue weighted by atomic mass is 32.2. The van der Waals surface area contributed by atoms with E-state index in [-0.39, 0.29) is 16.8 Å². The summed E-state index contributed by atoms with van der Waals surface area (Å²) in [6.07, 6.45) is 2.39. The highest BCUT2D eigenvalue weighted by molar-refractivity contribution is 7.89. The maximum absolute atomic E-state index is 12.3. The van der Waals surface area contributed by atoms with E-state index in [9.17, 15) is 13.2 Å². The molecule has 6 nitrogen and oxygen atoms in total. The van der Waals surface area contributed by atoms with Gasteiger partial charge in [-0.1, -0.05) is 18.2 Å². The maximum Gasteiger partial charge on any atom is 0.251 e. The molecule has 138 valence electrons. The Labute approximate surface area is 153 Å². The number of benzene rings is 2. The van der Waals surface area contributed by atoms with Gasteiger partial charge in [0.05, 0.1) is 12.0 Å². The molecule has 2 aromatic carbocycles. The van der Waals surface area contributed by atoms with Crippen LogP contribution in [0.3, 0.4) is 0 Å². The second kappa shape index (κ2) is 7.88. The Bertz CT molecular complexity index is 892. The van der Waals surface area contributed by atoms with Crippen LogP contribution in [0.25, 0.3) is 0 Å². The van der Waals surface area contributed by atoms with Crippen LogP contribution in [-0.4, -0.2) is 34.0 Å². The van der Waals surface area contributed by atoms with E-state index in [4.69, 9.17) is 4.74 Å². The van der Waals surface area contributed by atoms with Crippen molar-refractivity contribution in [2.24, 2.45) is 0 Å². The van der Waals surface area contributed by atoms with E-state index in [1.54, 1.807) is 19.2 Å². The number of carbonyl (C=O) groups is 1. The molecule has 0 bridgehead atoms. The van der Waals surface area contributed by atoms with Gasteiger partial charge in [-0.25, -0.2) is 13.1 Å². The third kappa shape index (κ3) is 4.83. The Morgan fingerprint density at radius 3 is 2.65 bits per heavy atom. The van der Waals surface area contributed by atoms with Gasteiger partial charge in [0.2, 0.25) is 10.0 Å². The normalized spacial score (nSPS) is 14.0. The van der Waals surface area contributed by atoms with E-state index in [1.165, 1.54) is 12.1 Å². The van der Waals surface area contributed by atoms with Crippen molar-refractivity contribution in [3.63, 3.8) is 0 Å². The van der Waals surface area contributed by atoms with E-state index in [0.717, 1.165) is 24.2 Å². The molecule has 0 aliphatic heterocycles. The third-order valence-electron chi connectivity index (χ3n) is 4.14. The van der Waals surface area contributed by atoms with Gasteiger partial charge < -0.3 is 10.1 Å². The summed E-state index contributed by atoms with van der Waals surface area (Å²) in [6, 6.07) is 13.8. The Morgan fingerprint density at radius 1 is 1.15 bits per heavy atom. The number of rotatable bonds is 8. The molecular formula is C19H22N2O4S. The molecule has 7 heteroatoms. The minimum absolute atomic E-state index is 0.0281. The zero-order valence-electron chi connectivity index (χ0n) is 14.6. The number of amides is 1. The number of sulfonamides is 1. The predicted octanol–water partition coefficient (Wildman–Crippen LogP) is 2.11. The Morgan fingerprint density at radius 2 is 1.92 bits per heavy atom. The minimum Gasteiger partial charge on any atom is -0.497 e. The average molecular weight is 374 g/mol. The maximum atomic E-state index is 12.3. The van der Waals surface area contributed by atoms with E-state index in [1.807, 2.05) is 24.3 Å². The molecule has 2 N–H and O–H groups in total.